The van der Waals surface area contributed by atoms with Crippen molar-refractivity contribution in [3.05, 3.63) is 29.8 Å². The van der Waals surface area contributed by atoms with Crippen LogP contribution in [0.2, 0.25) is 0 Å². The molecule has 1 aromatic carbocycles. The van der Waals surface area contributed by atoms with E-state index in [0.29, 0.717) is 6.54 Å². The second-order valence-corrected chi connectivity index (χ2v) is 3.46. The fourth-order valence-corrected chi connectivity index (χ4v) is 1.12. The van der Waals surface area contributed by atoms with Gasteiger partial charge in [-0.3, -0.25) is 5.41 Å². The maximum absolute atomic E-state index is 11.5. The van der Waals surface area contributed by atoms with Gasteiger partial charge in [0.2, 0.25) is 0 Å². The molecule has 92 valence electrons. The van der Waals surface area contributed by atoms with Crippen LogP contribution in [0.3, 0.4) is 0 Å². The summed E-state index contributed by atoms with van der Waals surface area (Å²) < 4.78 is 4.94. The minimum Gasteiger partial charge on any atom is -0.507 e. The van der Waals surface area contributed by atoms with Gasteiger partial charge in [-0.2, -0.15) is 0 Å². The van der Waals surface area contributed by atoms with Crippen LogP contribution in [0.15, 0.2) is 24.3 Å². The van der Waals surface area contributed by atoms with Crippen molar-refractivity contribution in [2.75, 3.05) is 20.2 Å². The summed E-state index contributed by atoms with van der Waals surface area (Å²) in [5.41, 5.74) is 5.34. The summed E-state index contributed by atoms with van der Waals surface area (Å²) >= 11 is 0. The molecule has 6 nitrogen and oxygen atoms in total. The van der Waals surface area contributed by atoms with Gasteiger partial charge < -0.3 is 20.5 Å². The van der Waals surface area contributed by atoms with E-state index < -0.39 is 5.97 Å². The third-order valence-electron chi connectivity index (χ3n) is 2.20. The van der Waals surface area contributed by atoms with Crippen molar-refractivity contribution in [1.29, 1.82) is 5.41 Å². The Labute approximate surface area is 99.1 Å². The molecule has 0 aliphatic carbocycles. The number of hydrogen-bond acceptors (Lipinski definition) is 4. The van der Waals surface area contributed by atoms with Gasteiger partial charge in [-0.1, -0.05) is 12.1 Å². The molecule has 0 aliphatic rings. The van der Waals surface area contributed by atoms with Gasteiger partial charge in [-0.05, 0) is 12.1 Å². The molecule has 1 aromatic rings. The zero-order chi connectivity index (χ0) is 12.8. The summed E-state index contributed by atoms with van der Waals surface area (Å²) in [6, 6.07) is 6.15. The lowest BCUT2D eigenvalue weighted by Gasteiger charge is -2.16. The molecule has 0 atom stereocenters. The van der Waals surface area contributed by atoms with Crippen LogP contribution in [0.5, 0.6) is 5.75 Å². The van der Waals surface area contributed by atoms with E-state index in [1.54, 1.807) is 19.2 Å². The number of hydrogen-bond donors (Lipinski definition) is 3. The fraction of sp³-hybridized carbons (Fsp3) is 0.273. The van der Waals surface area contributed by atoms with Crippen molar-refractivity contribution >= 4 is 11.9 Å². The summed E-state index contributed by atoms with van der Waals surface area (Å²) in [6.45, 7) is 0.428. The number of para-hydroxylation sites is 1. The third-order valence-corrected chi connectivity index (χ3v) is 2.20. The largest absolute Gasteiger partial charge is 0.507 e. The molecule has 17 heavy (non-hydrogen) atoms. The molecule has 0 saturated carbocycles. The van der Waals surface area contributed by atoms with Crippen molar-refractivity contribution < 1.29 is 14.6 Å². The Balaban J connectivity index is 2.46. The zero-order valence-electron chi connectivity index (χ0n) is 9.51. The highest BCUT2D eigenvalue weighted by Gasteiger charge is 2.11. The van der Waals surface area contributed by atoms with Crippen LogP contribution in [0.25, 0.3) is 0 Å². The highest BCUT2D eigenvalue weighted by atomic mass is 16.5. The van der Waals surface area contributed by atoms with E-state index in [1.165, 1.54) is 17.0 Å². The van der Waals surface area contributed by atoms with Crippen LogP contribution in [0.1, 0.15) is 10.4 Å². The molecular weight excluding hydrogens is 222 g/mol. The number of esters is 1. The first-order valence-corrected chi connectivity index (χ1v) is 5.02. The number of nitrogens with one attached hydrogen (secondary N) is 1. The second-order valence-electron chi connectivity index (χ2n) is 3.46. The molecule has 0 radical (unpaired) electrons. The van der Waals surface area contributed by atoms with Crippen molar-refractivity contribution in [3.8, 4) is 5.75 Å². The van der Waals surface area contributed by atoms with Crippen LogP contribution < -0.4 is 5.73 Å². The number of aromatic hydroxyl groups is 1. The number of guanidine groups is 1. The number of nitrogens with zero attached hydrogens (tertiary/aromatic N) is 1. The van der Waals surface area contributed by atoms with E-state index in [4.69, 9.17) is 15.9 Å². The highest BCUT2D eigenvalue weighted by Crippen LogP contribution is 2.16. The number of rotatable bonds is 4. The van der Waals surface area contributed by atoms with Crippen molar-refractivity contribution in [2.45, 2.75) is 0 Å². The Kier molecular flexibility index (Phi) is 4.33. The Morgan fingerprint density at radius 1 is 1.53 bits per heavy atom. The Morgan fingerprint density at radius 3 is 2.76 bits per heavy atom. The number of ether oxygens (including phenoxy) is 1. The van der Waals surface area contributed by atoms with E-state index in [-0.39, 0.29) is 23.9 Å². The number of phenolic OH excluding ortho intramolecular Hbond substituents is 1. The van der Waals surface area contributed by atoms with Gasteiger partial charge in [0.15, 0.2) is 5.96 Å². The molecule has 0 heterocycles. The molecule has 4 N–H and O–H groups in total. The lowest BCUT2D eigenvalue weighted by Crippen LogP contribution is -2.35. The van der Waals surface area contributed by atoms with Gasteiger partial charge in [0.1, 0.15) is 17.9 Å². The topological polar surface area (TPSA) is 99.6 Å². The number of likely N-dealkylation sites (N-methyl/N-ethyl adjacent to an activating group) is 1. The predicted octanol–water partition coefficient (Wildman–Crippen LogP) is 0.374. The third kappa shape index (κ3) is 3.67. The van der Waals surface area contributed by atoms with Crippen LogP contribution in [-0.2, 0) is 4.74 Å². The predicted molar refractivity (Wildman–Crippen MR) is 62.9 cm³/mol. The Bertz CT molecular complexity index is 420. The van der Waals surface area contributed by atoms with Crippen molar-refractivity contribution in [2.24, 2.45) is 5.73 Å². The lowest BCUT2D eigenvalue weighted by molar-refractivity contribution is 0.0488. The molecule has 0 fully saturated rings. The monoisotopic (exact) mass is 237 g/mol. The number of carbonyl (C=O) groups is 1. The average molecular weight is 237 g/mol. The van der Waals surface area contributed by atoms with Crippen LogP contribution >= 0.6 is 0 Å². The van der Waals surface area contributed by atoms with Crippen LogP contribution in [0, 0.1) is 5.41 Å². The number of nitrogens with two attached hydrogens (primary N) is 1. The van der Waals surface area contributed by atoms with Gasteiger partial charge in [0, 0.05) is 7.05 Å². The standard InChI is InChI=1S/C11H15N3O3/c1-14(11(12)13)6-7-17-10(16)8-4-2-3-5-9(8)15/h2-5,15H,6-7H2,1H3,(H3,12,13). The van der Waals surface area contributed by atoms with Crippen molar-refractivity contribution in [1.82, 2.24) is 4.90 Å². The van der Waals surface area contributed by atoms with E-state index in [0.717, 1.165) is 0 Å². The van der Waals surface area contributed by atoms with Gasteiger partial charge in [-0.25, -0.2) is 4.79 Å². The summed E-state index contributed by atoms with van der Waals surface area (Å²) in [7, 11) is 1.62. The first kappa shape index (κ1) is 12.8. The summed E-state index contributed by atoms with van der Waals surface area (Å²) in [4.78, 5) is 13.0. The van der Waals surface area contributed by atoms with Crippen LogP contribution in [-0.4, -0.2) is 42.1 Å². The molecule has 0 unspecified atom stereocenters. The number of phenols is 1. The van der Waals surface area contributed by atoms with Crippen LogP contribution in [0.4, 0.5) is 0 Å². The smallest absolute Gasteiger partial charge is 0.341 e. The normalized spacial score (nSPS) is 9.71. The summed E-state index contributed by atoms with van der Waals surface area (Å²) in [5, 5.41) is 16.5. The van der Waals surface area contributed by atoms with E-state index in [9.17, 15) is 9.90 Å². The molecule has 0 bridgehead atoms. The highest BCUT2D eigenvalue weighted by molar-refractivity contribution is 5.92. The van der Waals surface area contributed by atoms with E-state index in [2.05, 4.69) is 0 Å². The SMILES string of the molecule is CN(CCOC(=O)c1ccccc1O)C(=N)N. The Hall–Kier alpha value is -2.24. The molecule has 0 amide bonds. The Morgan fingerprint density at radius 2 is 2.18 bits per heavy atom. The van der Waals surface area contributed by atoms with E-state index in [1.807, 2.05) is 0 Å². The quantitative estimate of drug-likeness (QED) is 0.399. The second kappa shape index (κ2) is 5.74. The van der Waals surface area contributed by atoms with Gasteiger partial charge in [-0.15, -0.1) is 0 Å². The van der Waals surface area contributed by atoms with Gasteiger partial charge in [0.05, 0.1) is 6.54 Å². The van der Waals surface area contributed by atoms with Gasteiger partial charge >= 0.3 is 5.97 Å². The average Bonchev–Trinajstić information content (AvgIpc) is 2.29. The van der Waals surface area contributed by atoms with Gasteiger partial charge in [0.25, 0.3) is 0 Å². The maximum atomic E-state index is 11.5. The summed E-state index contributed by atoms with van der Waals surface area (Å²) in [5.74, 6) is -0.805. The minimum atomic E-state index is -0.597. The molecule has 1 rings (SSSR count). The first-order valence-electron chi connectivity index (χ1n) is 5.02. The molecule has 0 saturated heterocycles. The molecule has 6 heteroatoms. The number of benzene rings is 1. The lowest BCUT2D eigenvalue weighted by atomic mass is 10.2. The summed E-state index contributed by atoms with van der Waals surface area (Å²) in [6.07, 6.45) is 0. The molecular formula is C11H15N3O3. The first-order chi connectivity index (χ1) is 8.02. The van der Waals surface area contributed by atoms with Crippen molar-refractivity contribution in [3.63, 3.8) is 0 Å². The zero-order valence-corrected chi connectivity index (χ0v) is 9.51. The fourth-order valence-electron chi connectivity index (χ4n) is 1.12. The molecule has 0 aromatic heterocycles. The minimum absolute atomic E-state index is 0.0939. The van der Waals surface area contributed by atoms with E-state index >= 15 is 0 Å². The number of carbonyl (C=O) groups excluding carboxylic acids is 1. The molecule has 0 aliphatic heterocycles. The molecule has 0 spiro atoms. The maximum Gasteiger partial charge on any atom is 0.341 e.